The number of aliphatic hydroxyl groups is 1. The molecule has 1 aliphatic carbocycles. The Hall–Kier alpha value is -1.02. The van der Waals surface area contributed by atoms with Gasteiger partial charge >= 0.3 is 0 Å². The van der Waals surface area contributed by atoms with Gasteiger partial charge in [0, 0.05) is 6.61 Å². The highest BCUT2D eigenvalue weighted by molar-refractivity contribution is 5.40. The molecule has 0 radical (unpaired) electrons. The normalized spacial score (nSPS) is 24.1. The van der Waals surface area contributed by atoms with E-state index in [1.165, 1.54) is 36.8 Å². The summed E-state index contributed by atoms with van der Waals surface area (Å²) in [6, 6.07) is 5.82. The Balaban J connectivity index is 2.35. The molecule has 0 fully saturated rings. The lowest BCUT2D eigenvalue weighted by Crippen LogP contribution is -2.25. The first-order valence-corrected chi connectivity index (χ1v) is 7.09. The van der Waals surface area contributed by atoms with E-state index in [4.69, 9.17) is 5.11 Å². The first-order valence-electron chi connectivity index (χ1n) is 7.09. The molecule has 1 aromatic rings. The zero-order valence-corrected chi connectivity index (χ0v) is 11.3. The first kappa shape index (κ1) is 13.4. The van der Waals surface area contributed by atoms with Gasteiger partial charge in [-0.1, -0.05) is 25.8 Å². The highest BCUT2D eigenvalue weighted by Crippen LogP contribution is 2.39. The van der Waals surface area contributed by atoms with Crippen LogP contribution in [-0.2, 0) is 11.8 Å². The van der Waals surface area contributed by atoms with Crippen molar-refractivity contribution in [2.45, 2.75) is 57.3 Å². The lowest BCUT2D eigenvalue weighted by Gasteiger charge is -2.34. The minimum Gasteiger partial charge on any atom is -0.508 e. The molecule has 2 N–H and O–H groups in total. The van der Waals surface area contributed by atoms with Crippen LogP contribution < -0.4 is 0 Å². The minimum absolute atomic E-state index is 0.159. The number of aliphatic hydroxyl groups excluding tert-OH is 1. The van der Waals surface area contributed by atoms with E-state index in [2.05, 4.69) is 13.0 Å². The molecule has 0 heterocycles. The fraction of sp³-hybridized carbons (Fsp3) is 0.625. The van der Waals surface area contributed by atoms with Gasteiger partial charge in [-0.25, -0.2) is 0 Å². The van der Waals surface area contributed by atoms with Crippen molar-refractivity contribution in [3.8, 4) is 5.75 Å². The number of phenolic OH excluding ortho intramolecular Hbond substituents is 1. The number of rotatable bonds is 3. The first-order chi connectivity index (χ1) is 8.65. The lowest BCUT2D eigenvalue weighted by molar-refractivity contribution is 0.256. The van der Waals surface area contributed by atoms with E-state index in [1.807, 2.05) is 6.07 Å². The second-order valence-corrected chi connectivity index (χ2v) is 5.79. The molecule has 1 unspecified atom stereocenters. The lowest BCUT2D eigenvalue weighted by atomic mass is 9.71. The summed E-state index contributed by atoms with van der Waals surface area (Å²) in [5.41, 5.74) is 2.84. The van der Waals surface area contributed by atoms with Gasteiger partial charge < -0.3 is 10.2 Å². The molecule has 0 aromatic heterocycles. The van der Waals surface area contributed by atoms with E-state index in [0.29, 0.717) is 5.75 Å². The number of benzene rings is 1. The molecule has 0 bridgehead atoms. The molecule has 1 atom stereocenters. The van der Waals surface area contributed by atoms with Crippen LogP contribution in [0, 0.1) is 0 Å². The smallest absolute Gasteiger partial charge is 0.115 e. The van der Waals surface area contributed by atoms with Gasteiger partial charge in [-0.3, -0.25) is 0 Å². The van der Waals surface area contributed by atoms with Crippen LogP contribution in [0.5, 0.6) is 5.75 Å². The minimum atomic E-state index is 0.159. The van der Waals surface area contributed by atoms with Crippen LogP contribution in [0.3, 0.4) is 0 Å². The number of hydrogen-bond donors (Lipinski definition) is 2. The second kappa shape index (κ2) is 5.75. The molecular formula is C16H24O2. The highest BCUT2D eigenvalue weighted by Gasteiger charge is 2.29. The summed E-state index contributed by atoms with van der Waals surface area (Å²) in [7, 11) is 0. The number of aromatic hydroxyl groups is 1. The quantitative estimate of drug-likeness (QED) is 0.859. The third-order valence-corrected chi connectivity index (χ3v) is 4.30. The van der Waals surface area contributed by atoms with Gasteiger partial charge in [-0.2, -0.15) is 0 Å². The molecular weight excluding hydrogens is 224 g/mol. The van der Waals surface area contributed by atoms with Crippen molar-refractivity contribution in [3.05, 3.63) is 29.3 Å². The number of hydrogen-bond acceptors (Lipinski definition) is 2. The average Bonchev–Trinajstić information content (AvgIpc) is 2.34. The van der Waals surface area contributed by atoms with Crippen LogP contribution >= 0.6 is 0 Å². The van der Waals surface area contributed by atoms with Crippen molar-refractivity contribution in [2.75, 3.05) is 6.61 Å². The van der Waals surface area contributed by atoms with Gasteiger partial charge in [0.15, 0.2) is 0 Å². The van der Waals surface area contributed by atoms with Crippen molar-refractivity contribution < 1.29 is 10.2 Å². The summed E-state index contributed by atoms with van der Waals surface area (Å²) in [6.45, 7) is 2.58. The standard InChI is InChI=1S/C16H24O2/c1-16(10-5-11-17)9-4-2-3-6-13-12-14(18)7-8-15(13)16/h7-8,12,17-18H,2-6,9-11H2,1H3. The van der Waals surface area contributed by atoms with Crippen LogP contribution in [0.1, 0.15) is 56.6 Å². The van der Waals surface area contributed by atoms with E-state index in [1.54, 1.807) is 6.07 Å². The summed E-state index contributed by atoms with van der Waals surface area (Å²) in [4.78, 5) is 0. The Labute approximate surface area is 110 Å². The zero-order valence-electron chi connectivity index (χ0n) is 11.3. The van der Waals surface area contributed by atoms with Gasteiger partial charge in [0.25, 0.3) is 0 Å². The molecule has 0 aliphatic heterocycles. The second-order valence-electron chi connectivity index (χ2n) is 5.79. The number of fused-ring (bicyclic) bond motifs is 1. The predicted octanol–water partition coefficient (Wildman–Crippen LogP) is 3.54. The van der Waals surface area contributed by atoms with E-state index < -0.39 is 0 Å². The van der Waals surface area contributed by atoms with Gasteiger partial charge in [0.05, 0.1) is 0 Å². The van der Waals surface area contributed by atoms with Gasteiger partial charge in [0.2, 0.25) is 0 Å². The molecule has 0 spiro atoms. The van der Waals surface area contributed by atoms with Crippen molar-refractivity contribution >= 4 is 0 Å². The Bertz CT molecular complexity index is 400. The Morgan fingerprint density at radius 1 is 1.22 bits per heavy atom. The summed E-state index contributed by atoms with van der Waals surface area (Å²) >= 11 is 0. The summed E-state index contributed by atoms with van der Waals surface area (Å²) in [6.07, 6.45) is 7.89. The molecule has 2 heteroatoms. The molecule has 18 heavy (non-hydrogen) atoms. The Kier molecular flexibility index (Phi) is 4.28. The van der Waals surface area contributed by atoms with Crippen LogP contribution in [-0.4, -0.2) is 16.8 Å². The van der Waals surface area contributed by atoms with Gasteiger partial charge in [0.1, 0.15) is 5.75 Å². The third kappa shape index (κ3) is 2.86. The fourth-order valence-corrected chi connectivity index (χ4v) is 3.25. The summed E-state index contributed by atoms with van der Waals surface area (Å²) in [5.74, 6) is 0.374. The van der Waals surface area contributed by atoms with E-state index in [0.717, 1.165) is 19.3 Å². The maximum atomic E-state index is 9.66. The average molecular weight is 248 g/mol. The van der Waals surface area contributed by atoms with Crippen molar-refractivity contribution in [2.24, 2.45) is 0 Å². The maximum absolute atomic E-state index is 9.66. The predicted molar refractivity (Wildman–Crippen MR) is 74.0 cm³/mol. The fourth-order valence-electron chi connectivity index (χ4n) is 3.25. The zero-order chi connectivity index (χ0) is 13.0. The SMILES string of the molecule is CC1(CCCO)CCCCCc2cc(O)ccc21. The van der Waals surface area contributed by atoms with Crippen molar-refractivity contribution in [1.82, 2.24) is 0 Å². The van der Waals surface area contributed by atoms with Crippen LogP contribution in [0.25, 0.3) is 0 Å². The number of phenols is 1. The molecule has 0 saturated carbocycles. The molecule has 100 valence electrons. The maximum Gasteiger partial charge on any atom is 0.115 e. The van der Waals surface area contributed by atoms with Crippen LogP contribution in [0.15, 0.2) is 18.2 Å². The topological polar surface area (TPSA) is 40.5 Å². The third-order valence-electron chi connectivity index (χ3n) is 4.30. The molecule has 2 rings (SSSR count). The molecule has 1 aliphatic rings. The monoisotopic (exact) mass is 248 g/mol. The van der Waals surface area contributed by atoms with E-state index in [9.17, 15) is 5.11 Å². The van der Waals surface area contributed by atoms with Crippen LogP contribution in [0.2, 0.25) is 0 Å². The largest absolute Gasteiger partial charge is 0.508 e. The number of aryl methyl sites for hydroxylation is 1. The summed E-state index contributed by atoms with van der Waals surface area (Å²) < 4.78 is 0. The molecule has 1 aromatic carbocycles. The highest BCUT2D eigenvalue weighted by atomic mass is 16.3. The summed E-state index contributed by atoms with van der Waals surface area (Å²) in [5, 5.41) is 18.7. The van der Waals surface area contributed by atoms with E-state index in [-0.39, 0.29) is 12.0 Å². The molecule has 2 nitrogen and oxygen atoms in total. The van der Waals surface area contributed by atoms with Crippen LogP contribution in [0.4, 0.5) is 0 Å². The molecule has 0 saturated heterocycles. The van der Waals surface area contributed by atoms with Crippen molar-refractivity contribution in [1.29, 1.82) is 0 Å². The van der Waals surface area contributed by atoms with Gasteiger partial charge in [-0.15, -0.1) is 0 Å². The molecule has 0 amide bonds. The Morgan fingerprint density at radius 3 is 2.83 bits per heavy atom. The van der Waals surface area contributed by atoms with Crippen molar-refractivity contribution in [3.63, 3.8) is 0 Å². The van der Waals surface area contributed by atoms with Gasteiger partial charge in [-0.05, 0) is 60.8 Å². The Morgan fingerprint density at radius 2 is 2.06 bits per heavy atom. The van der Waals surface area contributed by atoms with E-state index >= 15 is 0 Å².